The van der Waals surface area contributed by atoms with E-state index < -0.39 is 0 Å². The Morgan fingerprint density at radius 3 is 2.41 bits per heavy atom. The standard InChI is InChI=1S/C13H9FN2S/c14-12-7-10(16)3-6-13(12)17-11-4-1-9(8-15)2-5-11/h1-7H,16H2. The van der Waals surface area contributed by atoms with Crippen LogP contribution in [0.25, 0.3) is 0 Å². The van der Waals surface area contributed by atoms with Crippen molar-refractivity contribution in [1.82, 2.24) is 0 Å². The minimum absolute atomic E-state index is 0.334. The van der Waals surface area contributed by atoms with Crippen LogP contribution in [0.1, 0.15) is 5.56 Å². The molecule has 2 aromatic carbocycles. The van der Waals surface area contributed by atoms with Gasteiger partial charge in [-0.25, -0.2) is 4.39 Å². The molecule has 17 heavy (non-hydrogen) atoms. The Labute approximate surface area is 103 Å². The molecule has 0 aliphatic heterocycles. The number of halogens is 1. The number of rotatable bonds is 2. The SMILES string of the molecule is N#Cc1ccc(Sc2ccc(N)cc2F)cc1. The number of hydrogen-bond donors (Lipinski definition) is 1. The second-order valence-electron chi connectivity index (χ2n) is 3.43. The highest BCUT2D eigenvalue weighted by molar-refractivity contribution is 7.99. The third-order valence-corrected chi connectivity index (χ3v) is 3.23. The number of nitriles is 1. The van der Waals surface area contributed by atoms with E-state index in [1.807, 2.05) is 6.07 Å². The highest BCUT2D eigenvalue weighted by atomic mass is 32.2. The van der Waals surface area contributed by atoms with Crippen LogP contribution in [0.3, 0.4) is 0 Å². The molecule has 0 aromatic heterocycles. The lowest BCUT2D eigenvalue weighted by Gasteiger charge is -2.04. The molecule has 2 nitrogen and oxygen atoms in total. The Morgan fingerprint density at radius 1 is 1.12 bits per heavy atom. The molecule has 0 aliphatic carbocycles. The topological polar surface area (TPSA) is 49.8 Å². The largest absolute Gasteiger partial charge is 0.399 e. The number of nitrogens with two attached hydrogens (primary N) is 1. The molecule has 2 aromatic rings. The van der Waals surface area contributed by atoms with Gasteiger partial charge in [-0.2, -0.15) is 5.26 Å². The average Bonchev–Trinajstić information content (AvgIpc) is 2.34. The minimum Gasteiger partial charge on any atom is -0.399 e. The van der Waals surface area contributed by atoms with E-state index >= 15 is 0 Å². The van der Waals surface area contributed by atoms with Crippen LogP contribution in [0.2, 0.25) is 0 Å². The van der Waals surface area contributed by atoms with Crippen LogP contribution in [-0.2, 0) is 0 Å². The smallest absolute Gasteiger partial charge is 0.139 e. The number of benzene rings is 2. The van der Waals surface area contributed by atoms with Gasteiger partial charge < -0.3 is 5.73 Å². The first-order valence-electron chi connectivity index (χ1n) is 4.92. The first-order chi connectivity index (χ1) is 8.19. The summed E-state index contributed by atoms with van der Waals surface area (Å²) in [6.07, 6.45) is 0. The van der Waals surface area contributed by atoms with E-state index in [4.69, 9.17) is 11.0 Å². The number of nitrogens with zero attached hydrogens (tertiary/aromatic N) is 1. The monoisotopic (exact) mass is 244 g/mol. The van der Waals surface area contributed by atoms with Gasteiger partial charge in [-0.3, -0.25) is 0 Å². The molecular formula is C13H9FN2S. The third-order valence-electron chi connectivity index (χ3n) is 2.17. The molecule has 4 heteroatoms. The fraction of sp³-hybridized carbons (Fsp3) is 0. The van der Waals surface area contributed by atoms with Crippen molar-refractivity contribution in [3.05, 3.63) is 53.8 Å². The van der Waals surface area contributed by atoms with Crippen LogP contribution in [0.4, 0.5) is 10.1 Å². The van der Waals surface area contributed by atoms with Gasteiger partial charge in [0.05, 0.1) is 11.6 Å². The fourth-order valence-electron chi connectivity index (χ4n) is 1.32. The van der Waals surface area contributed by atoms with E-state index in [0.29, 0.717) is 16.1 Å². The molecule has 84 valence electrons. The molecule has 0 saturated heterocycles. The van der Waals surface area contributed by atoms with Crippen LogP contribution in [0, 0.1) is 17.1 Å². The Hall–Kier alpha value is -1.99. The van der Waals surface area contributed by atoms with Gasteiger partial charge in [-0.1, -0.05) is 11.8 Å². The Morgan fingerprint density at radius 2 is 1.82 bits per heavy atom. The summed E-state index contributed by atoms with van der Waals surface area (Å²) in [5, 5.41) is 8.66. The lowest BCUT2D eigenvalue weighted by atomic mass is 10.2. The zero-order valence-electron chi connectivity index (χ0n) is 8.85. The fourth-order valence-corrected chi connectivity index (χ4v) is 2.14. The van der Waals surface area contributed by atoms with E-state index in [-0.39, 0.29) is 5.82 Å². The summed E-state index contributed by atoms with van der Waals surface area (Å²) in [5.41, 5.74) is 6.47. The second kappa shape index (κ2) is 4.89. The van der Waals surface area contributed by atoms with Crippen molar-refractivity contribution < 1.29 is 4.39 Å². The van der Waals surface area contributed by atoms with E-state index in [2.05, 4.69) is 0 Å². The maximum absolute atomic E-state index is 13.5. The molecule has 0 fully saturated rings. The highest BCUT2D eigenvalue weighted by Gasteiger charge is 2.04. The zero-order valence-corrected chi connectivity index (χ0v) is 9.67. The molecule has 2 rings (SSSR count). The van der Waals surface area contributed by atoms with Gasteiger partial charge in [0.1, 0.15) is 5.82 Å². The van der Waals surface area contributed by atoms with Crippen LogP contribution in [0.5, 0.6) is 0 Å². The van der Waals surface area contributed by atoms with Crippen LogP contribution < -0.4 is 5.73 Å². The van der Waals surface area contributed by atoms with E-state index in [1.165, 1.54) is 17.8 Å². The zero-order chi connectivity index (χ0) is 12.3. The third kappa shape index (κ3) is 2.77. The first kappa shape index (κ1) is 11.5. The van der Waals surface area contributed by atoms with Gasteiger partial charge in [0.2, 0.25) is 0 Å². The van der Waals surface area contributed by atoms with Crippen molar-refractivity contribution in [3.8, 4) is 6.07 Å². The molecule has 0 bridgehead atoms. The Balaban J connectivity index is 2.23. The summed E-state index contributed by atoms with van der Waals surface area (Å²) >= 11 is 1.30. The molecule has 0 unspecified atom stereocenters. The molecule has 0 aliphatic rings. The minimum atomic E-state index is -0.334. The molecule has 0 amide bonds. The summed E-state index contributed by atoms with van der Waals surface area (Å²) in [6.45, 7) is 0. The van der Waals surface area contributed by atoms with Crippen molar-refractivity contribution >= 4 is 17.4 Å². The van der Waals surface area contributed by atoms with Crippen molar-refractivity contribution in [2.75, 3.05) is 5.73 Å². The van der Waals surface area contributed by atoms with E-state index in [0.717, 1.165) is 4.90 Å². The molecule has 0 atom stereocenters. The number of anilines is 1. The number of nitrogen functional groups attached to an aromatic ring is 1. The molecule has 0 radical (unpaired) electrons. The van der Waals surface area contributed by atoms with Crippen LogP contribution in [0.15, 0.2) is 52.3 Å². The lowest BCUT2D eigenvalue weighted by molar-refractivity contribution is 0.603. The first-order valence-corrected chi connectivity index (χ1v) is 5.74. The quantitative estimate of drug-likeness (QED) is 0.823. The summed E-state index contributed by atoms with van der Waals surface area (Å²) < 4.78 is 13.5. The van der Waals surface area contributed by atoms with Gasteiger partial charge in [0.15, 0.2) is 0 Å². The lowest BCUT2D eigenvalue weighted by Crippen LogP contribution is -1.87. The molecule has 2 N–H and O–H groups in total. The normalized spacial score (nSPS) is 9.88. The molecule has 0 saturated carbocycles. The van der Waals surface area contributed by atoms with Crippen LogP contribution >= 0.6 is 11.8 Å². The summed E-state index contributed by atoms with van der Waals surface area (Å²) in [5.74, 6) is -0.334. The van der Waals surface area contributed by atoms with Crippen molar-refractivity contribution in [2.24, 2.45) is 0 Å². The van der Waals surface area contributed by atoms with E-state index in [9.17, 15) is 4.39 Å². The van der Waals surface area contributed by atoms with Crippen molar-refractivity contribution in [1.29, 1.82) is 5.26 Å². The molecule has 0 spiro atoms. The molecular weight excluding hydrogens is 235 g/mol. The van der Waals surface area contributed by atoms with E-state index in [1.54, 1.807) is 36.4 Å². The van der Waals surface area contributed by atoms with Gasteiger partial charge in [-0.15, -0.1) is 0 Å². The predicted octanol–water partition coefficient (Wildman–Crippen LogP) is 3.43. The second-order valence-corrected chi connectivity index (χ2v) is 4.54. The molecule has 0 heterocycles. The average molecular weight is 244 g/mol. The highest BCUT2D eigenvalue weighted by Crippen LogP contribution is 2.30. The van der Waals surface area contributed by atoms with Crippen molar-refractivity contribution in [3.63, 3.8) is 0 Å². The summed E-state index contributed by atoms with van der Waals surface area (Å²) in [4.78, 5) is 1.40. The Kier molecular flexibility index (Phi) is 3.31. The maximum Gasteiger partial charge on any atom is 0.139 e. The predicted molar refractivity (Wildman–Crippen MR) is 66.1 cm³/mol. The van der Waals surface area contributed by atoms with Crippen LogP contribution in [-0.4, -0.2) is 0 Å². The van der Waals surface area contributed by atoms with Gasteiger partial charge in [0.25, 0.3) is 0 Å². The van der Waals surface area contributed by atoms with Gasteiger partial charge >= 0.3 is 0 Å². The Bertz CT molecular complexity index is 573. The van der Waals surface area contributed by atoms with Gasteiger partial charge in [0, 0.05) is 15.5 Å². The maximum atomic E-state index is 13.5. The summed E-state index contributed by atoms with van der Waals surface area (Å²) in [7, 11) is 0. The summed E-state index contributed by atoms with van der Waals surface area (Å²) in [6, 6.07) is 13.6. The van der Waals surface area contributed by atoms with Crippen molar-refractivity contribution in [2.45, 2.75) is 9.79 Å². The number of hydrogen-bond acceptors (Lipinski definition) is 3. The van der Waals surface area contributed by atoms with Gasteiger partial charge in [-0.05, 0) is 42.5 Å².